The highest BCUT2D eigenvalue weighted by Gasteiger charge is 2.44. The highest BCUT2D eigenvalue weighted by molar-refractivity contribution is 5.91. The van der Waals surface area contributed by atoms with Crippen LogP contribution >= 0.6 is 0 Å². The van der Waals surface area contributed by atoms with E-state index in [0.29, 0.717) is 21.6 Å². The summed E-state index contributed by atoms with van der Waals surface area (Å²) in [6.45, 7) is 3.33. The average molecular weight is 504 g/mol. The Balaban J connectivity index is 1.82. The molecule has 0 unspecified atom stereocenters. The second-order valence-electron chi connectivity index (χ2n) is 7.64. The van der Waals surface area contributed by atoms with Crippen molar-refractivity contribution in [3.63, 3.8) is 0 Å². The number of nitro groups is 1. The minimum Gasteiger partial charge on any atom is -0.321 e. The molecule has 188 valence electrons. The summed E-state index contributed by atoms with van der Waals surface area (Å²) in [6, 6.07) is 4.64. The quantitative estimate of drug-likeness (QED) is 0.299. The predicted octanol–water partition coefficient (Wildman–Crippen LogP) is 4.64. The van der Waals surface area contributed by atoms with E-state index in [2.05, 4.69) is 15.5 Å². The number of hydrogen-bond donors (Lipinski definition) is 1. The van der Waals surface area contributed by atoms with Crippen LogP contribution in [0.15, 0.2) is 24.3 Å². The lowest BCUT2D eigenvalue weighted by Crippen LogP contribution is -2.21. The molecule has 0 bridgehead atoms. The van der Waals surface area contributed by atoms with Gasteiger partial charge in [0.1, 0.15) is 12.2 Å². The topological polar surface area (TPSA) is 108 Å². The number of rotatable bonds is 6. The van der Waals surface area contributed by atoms with E-state index in [1.54, 1.807) is 6.92 Å². The third-order valence-electron chi connectivity index (χ3n) is 5.15. The summed E-state index contributed by atoms with van der Waals surface area (Å²) in [5.41, 5.74) is -3.03. The fourth-order valence-electron chi connectivity index (χ4n) is 3.47. The molecule has 0 aliphatic carbocycles. The number of alkyl halides is 6. The van der Waals surface area contributed by atoms with Gasteiger partial charge in [-0.15, -0.1) is 0 Å². The Labute approximate surface area is 193 Å². The molecule has 0 radical (unpaired) electrons. The van der Waals surface area contributed by atoms with Crippen LogP contribution in [0.2, 0.25) is 0 Å². The van der Waals surface area contributed by atoms with E-state index in [1.807, 2.05) is 0 Å². The van der Waals surface area contributed by atoms with E-state index in [1.165, 1.54) is 23.7 Å². The second kappa shape index (κ2) is 9.03. The zero-order chi connectivity index (χ0) is 26.3. The minimum atomic E-state index is -5.09. The van der Waals surface area contributed by atoms with E-state index in [9.17, 15) is 41.3 Å². The van der Waals surface area contributed by atoms with Gasteiger partial charge in [-0.25, -0.2) is 0 Å². The Morgan fingerprint density at radius 2 is 1.69 bits per heavy atom. The third-order valence-corrected chi connectivity index (χ3v) is 5.15. The van der Waals surface area contributed by atoms with Crippen LogP contribution in [-0.2, 0) is 30.2 Å². The lowest BCUT2D eigenvalue weighted by atomic mass is 10.1. The molecule has 0 fully saturated rings. The smallest absolute Gasteiger partial charge is 0.321 e. The van der Waals surface area contributed by atoms with E-state index < -0.39 is 52.4 Å². The number of aryl methyl sites for hydroxylation is 1. The van der Waals surface area contributed by atoms with Crippen molar-refractivity contribution < 1.29 is 36.1 Å². The first kappa shape index (κ1) is 25.7. The molecule has 0 spiro atoms. The molecular formula is C20H18F6N6O3. The maximum atomic E-state index is 13.1. The first-order valence-corrected chi connectivity index (χ1v) is 9.88. The Morgan fingerprint density at radius 3 is 2.23 bits per heavy atom. The van der Waals surface area contributed by atoms with Crippen molar-refractivity contribution in [3.05, 3.63) is 68.3 Å². The van der Waals surface area contributed by atoms with Crippen LogP contribution in [0.4, 0.5) is 37.7 Å². The van der Waals surface area contributed by atoms with E-state index in [-0.39, 0.29) is 12.2 Å². The van der Waals surface area contributed by atoms with Crippen molar-refractivity contribution in [2.45, 2.75) is 46.2 Å². The number of benzene rings is 1. The molecule has 0 aliphatic heterocycles. The van der Waals surface area contributed by atoms with Crippen LogP contribution in [0, 0.1) is 30.9 Å². The van der Waals surface area contributed by atoms with Gasteiger partial charge in [-0.05, 0) is 38.5 Å². The molecule has 0 saturated carbocycles. The lowest BCUT2D eigenvalue weighted by molar-refractivity contribution is -0.388. The molecule has 35 heavy (non-hydrogen) atoms. The van der Waals surface area contributed by atoms with Crippen LogP contribution < -0.4 is 5.32 Å². The second-order valence-corrected chi connectivity index (χ2v) is 7.64. The molecule has 9 nitrogen and oxygen atoms in total. The van der Waals surface area contributed by atoms with Gasteiger partial charge in [-0.3, -0.25) is 24.3 Å². The first-order valence-electron chi connectivity index (χ1n) is 9.88. The minimum absolute atomic E-state index is 0.0358. The lowest BCUT2D eigenvalue weighted by Gasteiger charge is -2.10. The Morgan fingerprint density at radius 1 is 1.03 bits per heavy atom. The standard InChI is InChI=1S/C20H18F6N6O3/c1-10-16(11(2)30(28-10)8-13-5-4-6-14(7-13)19(21,22)23)27-15(33)9-31-12(3)17(32(34)35)18(29-31)20(24,25)26/h4-7H,8-9H2,1-3H3,(H,27,33). The summed E-state index contributed by atoms with van der Waals surface area (Å²) in [4.78, 5) is 22.4. The number of carbonyl (C=O) groups excluding carboxylic acids is 1. The molecule has 3 aromatic rings. The largest absolute Gasteiger partial charge is 0.442 e. The molecule has 1 aromatic carbocycles. The predicted molar refractivity (Wildman–Crippen MR) is 109 cm³/mol. The van der Waals surface area contributed by atoms with Crippen molar-refractivity contribution in [2.75, 3.05) is 5.32 Å². The van der Waals surface area contributed by atoms with Crippen molar-refractivity contribution >= 4 is 17.3 Å². The van der Waals surface area contributed by atoms with Crippen LogP contribution in [0.5, 0.6) is 0 Å². The van der Waals surface area contributed by atoms with E-state index in [4.69, 9.17) is 0 Å². The fraction of sp³-hybridized carbons (Fsp3) is 0.350. The number of hydrogen-bond acceptors (Lipinski definition) is 5. The zero-order valence-corrected chi connectivity index (χ0v) is 18.5. The molecule has 0 saturated heterocycles. The van der Waals surface area contributed by atoms with Gasteiger partial charge in [0, 0.05) is 0 Å². The fourth-order valence-corrected chi connectivity index (χ4v) is 3.47. The molecule has 2 aromatic heterocycles. The molecule has 1 N–H and O–H groups in total. The highest BCUT2D eigenvalue weighted by Crippen LogP contribution is 2.37. The van der Waals surface area contributed by atoms with Gasteiger partial charge in [0.05, 0.1) is 34.1 Å². The molecule has 1 amide bonds. The van der Waals surface area contributed by atoms with Gasteiger partial charge >= 0.3 is 18.0 Å². The average Bonchev–Trinajstić information content (AvgIpc) is 3.19. The molecule has 3 rings (SSSR count). The highest BCUT2D eigenvalue weighted by atomic mass is 19.4. The summed E-state index contributed by atoms with van der Waals surface area (Å²) in [6.07, 6.45) is -9.61. The number of amides is 1. The van der Waals surface area contributed by atoms with Gasteiger partial charge in [0.2, 0.25) is 11.6 Å². The maximum absolute atomic E-state index is 13.1. The van der Waals surface area contributed by atoms with Gasteiger partial charge < -0.3 is 5.32 Å². The Bertz CT molecular complexity index is 1290. The van der Waals surface area contributed by atoms with E-state index in [0.717, 1.165) is 19.1 Å². The van der Waals surface area contributed by atoms with Crippen molar-refractivity contribution in [1.82, 2.24) is 19.6 Å². The monoisotopic (exact) mass is 504 g/mol. The summed E-state index contributed by atoms with van der Waals surface area (Å²) in [5.74, 6) is -0.830. The number of nitrogens with zero attached hydrogens (tertiary/aromatic N) is 5. The first-order chi connectivity index (χ1) is 16.1. The van der Waals surface area contributed by atoms with Crippen molar-refractivity contribution in [3.8, 4) is 0 Å². The summed E-state index contributed by atoms with van der Waals surface area (Å²) >= 11 is 0. The van der Waals surface area contributed by atoms with Crippen molar-refractivity contribution in [1.29, 1.82) is 0 Å². The molecule has 0 atom stereocenters. The summed E-state index contributed by atoms with van der Waals surface area (Å²) < 4.78 is 80.2. The van der Waals surface area contributed by atoms with Gasteiger partial charge in [-0.1, -0.05) is 12.1 Å². The summed E-state index contributed by atoms with van der Waals surface area (Å²) in [5, 5.41) is 21.0. The third kappa shape index (κ3) is 5.44. The zero-order valence-electron chi connectivity index (χ0n) is 18.5. The van der Waals surface area contributed by atoms with E-state index >= 15 is 0 Å². The van der Waals surface area contributed by atoms with Crippen LogP contribution in [0.25, 0.3) is 0 Å². The molecule has 0 aliphatic rings. The maximum Gasteiger partial charge on any atom is 0.442 e. The van der Waals surface area contributed by atoms with Gasteiger partial charge in [0.25, 0.3) is 0 Å². The molecular weight excluding hydrogens is 486 g/mol. The Kier molecular flexibility index (Phi) is 6.64. The number of halogens is 6. The SMILES string of the molecule is Cc1nn(Cc2cccc(C(F)(F)F)c2)c(C)c1NC(=O)Cn1nc(C(F)(F)F)c([N+](=O)[O-])c1C. The summed E-state index contributed by atoms with van der Waals surface area (Å²) in [7, 11) is 0. The molecule has 15 heteroatoms. The van der Waals surface area contributed by atoms with Crippen LogP contribution in [0.1, 0.15) is 33.9 Å². The number of nitrogens with one attached hydrogen (secondary N) is 1. The van der Waals surface area contributed by atoms with Crippen molar-refractivity contribution in [2.24, 2.45) is 0 Å². The van der Waals surface area contributed by atoms with Crippen LogP contribution in [-0.4, -0.2) is 30.4 Å². The number of aromatic nitrogens is 4. The van der Waals surface area contributed by atoms with Crippen LogP contribution in [0.3, 0.4) is 0 Å². The number of carbonyl (C=O) groups is 1. The number of anilines is 1. The molecule has 2 heterocycles. The van der Waals surface area contributed by atoms with Gasteiger partial charge in [-0.2, -0.15) is 36.5 Å². The van der Waals surface area contributed by atoms with Gasteiger partial charge in [0.15, 0.2) is 0 Å². The normalized spacial score (nSPS) is 12.1. The Hall–Kier alpha value is -3.91.